The van der Waals surface area contributed by atoms with E-state index in [0.717, 1.165) is 43.4 Å². The van der Waals surface area contributed by atoms with Crippen LogP contribution in [0.5, 0.6) is 0 Å². The van der Waals surface area contributed by atoms with Gasteiger partial charge < -0.3 is 10.0 Å². The molecule has 3 nitrogen and oxygen atoms in total. The highest BCUT2D eigenvalue weighted by atomic mass is 35.5. The van der Waals surface area contributed by atoms with Gasteiger partial charge in [0.25, 0.3) is 0 Å². The number of aliphatic hydroxyl groups excluding tert-OH is 1. The van der Waals surface area contributed by atoms with Gasteiger partial charge in [-0.3, -0.25) is 4.79 Å². The highest BCUT2D eigenvalue weighted by molar-refractivity contribution is 6.37. The molecule has 1 amide bonds. The lowest BCUT2D eigenvalue weighted by Gasteiger charge is -2.32. The van der Waals surface area contributed by atoms with E-state index in [-0.39, 0.29) is 12.5 Å². The van der Waals surface area contributed by atoms with E-state index in [1.807, 2.05) is 0 Å². The Balaban J connectivity index is 2.18. The summed E-state index contributed by atoms with van der Waals surface area (Å²) >= 11 is 12.5. The Morgan fingerprint density at radius 2 is 1.90 bits per heavy atom. The van der Waals surface area contributed by atoms with Crippen LogP contribution >= 0.6 is 23.2 Å². The molecule has 5 heteroatoms. The Bertz CT molecular complexity index is 553. The minimum atomic E-state index is -0.496. The van der Waals surface area contributed by atoms with Crippen LogP contribution in [0, 0.1) is 0 Å². The number of carbonyl (C=O) groups excluding carboxylic acids is 1. The van der Waals surface area contributed by atoms with Gasteiger partial charge in [0, 0.05) is 22.2 Å². The van der Waals surface area contributed by atoms with Crippen molar-refractivity contribution in [3.63, 3.8) is 0 Å². The van der Waals surface area contributed by atoms with E-state index in [9.17, 15) is 9.90 Å². The summed E-state index contributed by atoms with van der Waals surface area (Å²) in [7, 11) is 0. The molecule has 1 aromatic rings. The van der Waals surface area contributed by atoms with Crippen molar-refractivity contribution in [1.82, 2.24) is 0 Å². The number of halogens is 2. The third-order valence-corrected chi connectivity index (χ3v) is 5.01. The molecule has 1 spiro atoms. The van der Waals surface area contributed by atoms with Crippen LogP contribution in [0.1, 0.15) is 37.7 Å². The molecule has 1 aromatic carbocycles. The van der Waals surface area contributed by atoms with E-state index < -0.39 is 5.41 Å². The van der Waals surface area contributed by atoms with E-state index in [0.29, 0.717) is 16.6 Å². The summed E-state index contributed by atoms with van der Waals surface area (Å²) in [5.41, 5.74) is 1.20. The highest BCUT2D eigenvalue weighted by Gasteiger charge is 2.52. The molecule has 2 aliphatic rings. The maximum absolute atomic E-state index is 12.9. The first kappa shape index (κ1) is 14.2. The Hall–Kier alpha value is -0.770. The van der Waals surface area contributed by atoms with E-state index in [1.54, 1.807) is 17.0 Å². The van der Waals surface area contributed by atoms with Crippen molar-refractivity contribution in [3.05, 3.63) is 27.7 Å². The number of aliphatic hydroxyl groups is 1. The predicted octanol–water partition coefficient (Wildman–Crippen LogP) is 3.53. The number of rotatable bonds is 2. The van der Waals surface area contributed by atoms with Crippen LogP contribution in [0.15, 0.2) is 12.1 Å². The highest BCUT2D eigenvalue weighted by Crippen LogP contribution is 2.53. The number of hydrogen-bond acceptors (Lipinski definition) is 2. The van der Waals surface area contributed by atoms with Gasteiger partial charge in [-0.15, -0.1) is 0 Å². The minimum Gasteiger partial charge on any atom is -0.395 e. The number of carbonyl (C=O) groups is 1. The molecule has 3 rings (SSSR count). The molecule has 0 radical (unpaired) electrons. The van der Waals surface area contributed by atoms with Gasteiger partial charge in [-0.1, -0.05) is 42.5 Å². The lowest BCUT2D eigenvalue weighted by Crippen LogP contribution is -2.42. The first-order chi connectivity index (χ1) is 9.60. The summed E-state index contributed by atoms with van der Waals surface area (Å²) in [6.45, 7) is 0.232. The van der Waals surface area contributed by atoms with Crippen LogP contribution in [0.2, 0.25) is 10.0 Å². The molecule has 1 heterocycles. The van der Waals surface area contributed by atoms with Gasteiger partial charge >= 0.3 is 0 Å². The summed E-state index contributed by atoms with van der Waals surface area (Å²) in [5, 5.41) is 10.3. The molecule has 1 N–H and O–H groups in total. The Labute approximate surface area is 128 Å². The number of amides is 1. The maximum atomic E-state index is 12.9. The largest absolute Gasteiger partial charge is 0.395 e. The van der Waals surface area contributed by atoms with Gasteiger partial charge in [-0.2, -0.15) is 0 Å². The molecule has 1 fully saturated rings. The van der Waals surface area contributed by atoms with Crippen LogP contribution in [-0.2, 0) is 10.2 Å². The second-order valence-corrected chi connectivity index (χ2v) is 6.45. The SMILES string of the molecule is O=C1N(CCO)c2cc(Cl)cc(Cl)c2C12CCCCC2. The van der Waals surface area contributed by atoms with Gasteiger partial charge in [0.2, 0.25) is 5.91 Å². The average Bonchev–Trinajstić information content (AvgIpc) is 2.63. The maximum Gasteiger partial charge on any atom is 0.237 e. The zero-order valence-corrected chi connectivity index (χ0v) is 12.7. The summed E-state index contributed by atoms with van der Waals surface area (Å²) in [4.78, 5) is 14.6. The fourth-order valence-electron chi connectivity index (χ4n) is 3.66. The molecule has 20 heavy (non-hydrogen) atoms. The van der Waals surface area contributed by atoms with Crippen molar-refractivity contribution in [1.29, 1.82) is 0 Å². The molecule has 0 atom stereocenters. The lowest BCUT2D eigenvalue weighted by atomic mass is 9.70. The zero-order valence-electron chi connectivity index (χ0n) is 11.2. The van der Waals surface area contributed by atoms with Gasteiger partial charge in [0.05, 0.1) is 17.7 Å². The number of fused-ring (bicyclic) bond motifs is 2. The molecule has 0 saturated heterocycles. The smallest absolute Gasteiger partial charge is 0.237 e. The quantitative estimate of drug-likeness (QED) is 0.907. The fourth-order valence-corrected chi connectivity index (χ4v) is 4.33. The number of hydrogen-bond donors (Lipinski definition) is 1. The fraction of sp³-hybridized carbons (Fsp3) is 0.533. The summed E-state index contributed by atoms with van der Waals surface area (Å²) in [6, 6.07) is 3.51. The predicted molar refractivity (Wildman–Crippen MR) is 80.7 cm³/mol. The number of nitrogens with zero attached hydrogens (tertiary/aromatic N) is 1. The lowest BCUT2D eigenvalue weighted by molar-refractivity contribution is -0.124. The van der Waals surface area contributed by atoms with Crippen molar-refractivity contribution >= 4 is 34.8 Å². The number of β-amino-alcohol motifs (C(OH)–C–C–N with tert-alkyl or cyclic N) is 1. The van der Waals surface area contributed by atoms with Crippen molar-refractivity contribution in [3.8, 4) is 0 Å². The third kappa shape index (κ3) is 1.95. The second-order valence-electron chi connectivity index (χ2n) is 5.60. The molecule has 0 unspecified atom stereocenters. The Morgan fingerprint density at radius 1 is 1.20 bits per heavy atom. The van der Waals surface area contributed by atoms with Crippen LogP contribution in [0.4, 0.5) is 5.69 Å². The number of anilines is 1. The molecule has 108 valence electrons. The first-order valence-electron chi connectivity index (χ1n) is 7.02. The molecule has 1 aliphatic heterocycles. The Morgan fingerprint density at radius 3 is 2.55 bits per heavy atom. The normalized spacial score (nSPS) is 20.6. The van der Waals surface area contributed by atoms with Gasteiger partial charge in [-0.05, 0) is 25.0 Å². The zero-order chi connectivity index (χ0) is 14.3. The van der Waals surface area contributed by atoms with Crippen molar-refractivity contribution in [2.24, 2.45) is 0 Å². The van der Waals surface area contributed by atoms with E-state index >= 15 is 0 Å². The summed E-state index contributed by atoms with van der Waals surface area (Å²) in [5.74, 6) is 0.0745. The third-order valence-electron chi connectivity index (χ3n) is 4.49. The Kier molecular flexibility index (Phi) is 3.69. The van der Waals surface area contributed by atoms with Crippen LogP contribution in [-0.4, -0.2) is 24.2 Å². The topological polar surface area (TPSA) is 40.5 Å². The standard InChI is InChI=1S/C15H17Cl2NO2/c16-10-8-11(17)13-12(9-10)18(6-7-19)14(20)15(13)4-2-1-3-5-15/h8-9,19H,1-7H2. The van der Waals surface area contributed by atoms with Crippen LogP contribution < -0.4 is 4.90 Å². The summed E-state index contributed by atoms with van der Waals surface area (Å²) < 4.78 is 0. The molecule has 1 saturated carbocycles. The monoisotopic (exact) mass is 313 g/mol. The molecule has 0 bridgehead atoms. The molecule has 1 aliphatic carbocycles. The van der Waals surface area contributed by atoms with Gasteiger partial charge in [0.15, 0.2) is 0 Å². The second kappa shape index (κ2) is 5.21. The van der Waals surface area contributed by atoms with Crippen LogP contribution in [0.25, 0.3) is 0 Å². The van der Waals surface area contributed by atoms with Crippen molar-refractivity contribution in [2.75, 3.05) is 18.1 Å². The van der Waals surface area contributed by atoms with Crippen LogP contribution in [0.3, 0.4) is 0 Å². The van der Waals surface area contributed by atoms with E-state index in [1.165, 1.54) is 0 Å². The molecular weight excluding hydrogens is 297 g/mol. The van der Waals surface area contributed by atoms with E-state index in [4.69, 9.17) is 23.2 Å². The van der Waals surface area contributed by atoms with Crippen molar-refractivity contribution < 1.29 is 9.90 Å². The molecular formula is C15H17Cl2NO2. The molecule has 0 aromatic heterocycles. The first-order valence-corrected chi connectivity index (χ1v) is 7.78. The summed E-state index contributed by atoms with van der Waals surface area (Å²) in [6.07, 6.45) is 4.91. The van der Waals surface area contributed by atoms with Crippen molar-refractivity contribution in [2.45, 2.75) is 37.5 Å². The van der Waals surface area contributed by atoms with Gasteiger partial charge in [-0.25, -0.2) is 0 Å². The average molecular weight is 314 g/mol. The minimum absolute atomic E-state index is 0.0641. The van der Waals surface area contributed by atoms with E-state index in [2.05, 4.69) is 0 Å². The number of benzene rings is 1. The van der Waals surface area contributed by atoms with Gasteiger partial charge in [0.1, 0.15) is 0 Å².